The van der Waals surface area contributed by atoms with Gasteiger partial charge in [0.1, 0.15) is 23.3 Å². The van der Waals surface area contributed by atoms with Crippen LogP contribution in [0.2, 0.25) is 0 Å². The van der Waals surface area contributed by atoms with Crippen LogP contribution in [0.1, 0.15) is 54.0 Å². The van der Waals surface area contributed by atoms with Gasteiger partial charge in [-0.05, 0) is 66.4 Å². The molecule has 0 fully saturated rings. The van der Waals surface area contributed by atoms with E-state index in [1.807, 2.05) is 12.1 Å². The van der Waals surface area contributed by atoms with Crippen molar-refractivity contribution < 1.29 is 28.2 Å². The molecule has 3 aromatic carbocycles. The van der Waals surface area contributed by atoms with Crippen LogP contribution >= 0.6 is 0 Å². The van der Waals surface area contributed by atoms with E-state index in [-0.39, 0.29) is 39.9 Å². The smallest absolute Gasteiger partial charge is 0.343 e. The summed E-state index contributed by atoms with van der Waals surface area (Å²) in [6.45, 7) is 8.30. The van der Waals surface area contributed by atoms with Gasteiger partial charge in [0, 0.05) is 6.07 Å². The predicted octanol–water partition coefficient (Wildman–Crippen LogP) is 6.28. The van der Waals surface area contributed by atoms with Crippen molar-refractivity contribution in [1.29, 1.82) is 0 Å². The molecule has 4 aromatic rings. The number of hydrogen-bond donors (Lipinski definition) is 0. The molecule has 0 N–H and O–H groups in total. The maximum Gasteiger partial charge on any atom is 0.343 e. The lowest BCUT2D eigenvalue weighted by molar-refractivity contribution is 0.0526. The Morgan fingerprint density at radius 2 is 1.44 bits per heavy atom. The molecule has 0 aliphatic heterocycles. The van der Waals surface area contributed by atoms with Crippen LogP contribution in [0.15, 0.2) is 82.2 Å². The zero-order valence-corrected chi connectivity index (χ0v) is 20.5. The van der Waals surface area contributed by atoms with E-state index in [2.05, 4.69) is 20.8 Å². The third kappa shape index (κ3) is 5.46. The second-order valence-electron chi connectivity index (χ2n) is 9.15. The van der Waals surface area contributed by atoms with Crippen LogP contribution in [0.4, 0.5) is 0 Å². The number of benzene rings is 3. The lowest BCUT2D eigenvalue weighted by Crippen LogP contribution is -2.13. The number of carbonyl (C=O) groups is 2. The van der Waals surface area contributed by atoms with Gasteiger partial charge in [0.2, 0.25) is 11.2 Å². The van der Waals surface area contributed by atoms with Crippen LogP contribution in [-0.4, -0.2) is 18.5 Å². The molecule has 7 nitrogen and oxygen atoms in total. The second kappa shape index (κ2) is 10.1. The lowest BCUT2D eigenvalue weighted by atomic mass is 9.87. The first-order valence-corrected chi connectivity index (χ1v) is 11.5. The Hall–Kier alpha value is -4.39. The van der Waals surface area contributed by atoms with Gasteiger partial charge in [0.25, 0.3) is 0 Å². The van der Waals surface area contributed by atoms with Crippen LogP contribution in [-0.2, 0) is 10.2 Å². The molecule has 0 amide bonds. The normalized spacial score (nSPS) is 11.2. The van der Waals surface area contributed by atoms with Crippen molar-refractivity contribution in [3.63, 3.8) is 0 Å². The summed E-state index contributed by atoms with van der Waals surface area (Å²) in [5, 5.41) is 0.268. The summed E-state index contributed by atoms with van der Waals surface area (Å²) >= 11 is 0. The molecule has 36 heavy (non-hydrogen) atoms. The molecule has 0 saturated carbocycles. The van der Waals surface area contributed by atoms with Gasteiger partial charge in [-0.1, -0.05) is 32.9 Å². The molecule has 4 rings (SSSR count). The molecule has 0 radical (unpaired) electrons. The van der Waals surface area contributed by atoms with Gasteiger partial charge >= 0.3 is 11.9 Å². The highest BCUT2D eigenvalue weighted by Gasteiger charge is 2.16. The third-order valence-corrected chi connectivity index (χ3v) is 5.50. The van der Waals surface area contributed by atoms with Crippen molar-refractivity contribution in [2.24, 2.45) is 0 Å². The summed E-state index contributed by atoms with van der Waals surface area (Å²) in [7, 11) is 0. The lowest BCUT2D eigenvalue weighted by Gasteiger charge is -2.18. The van der Waals surface area contributed by atoms with E-state index in [1.165, 1.54) is 24.5 Å². The Kier molecular flexibility index (Phi) is 6.92. The summed E-state index contributed by atoms with van der Waals surface area (Å²) in [4.78, 5) is 37.2. The van der Waals surface area contributed by atoms with Crippen molar-refractivity contribution in [3.8, 4) is 17.2 Å². The van der Waals surface area contributed by atoms with E-state index in [0.717, 1.165) is 5.56 Å². The van der Waals surface area contributed by atoms with E-state index in [1.54, 1.807) is 43.3 Å². The number of hydrogen-bond acceptors (Lipinski definition) is 7. The van der Waals surface area contributed by atoms with Gasteiger partial charge in [-0.25, -0.2) is 9.59 Å². The maximum absolute atomic E-state index is 12.9. The summed E-state index contributed by atoms with van der Waals surface area (Å²) in [5.41, 5.74) is 1.75. The van der Waals surface area contributed by atoms with Crippen molar-refractivity contribution in [3.05, 3.63) is 99.9 Å². The average molecular weight is 487 g/mol. The summed E-state index contributed by atoms with van der Waals surface area (Å²) in [6.07, 6.45) is 1.20. The van der Waals surface area contributed by atoms with Crippen molar-refractivity contribution in [2.45, 2.75) is 33.1 Å². The van der Waals surface area contributed by atoms with E-state index in [0.29, 0.717) is 16.9 Å². The summed E-state index contributed by atoms with van der Waals surface area (Å²) < 4.78 is 21.7. The molecule has 1 heterocycles. The van der Waals surface area contributed by atoms with Crippen molar-refractivity contribution in [1.82, 2.24) is 0 Å². The van der Waals surface area contributed by atoms with Crippen LogP contribution in [0.25, 0.3) is 11.0 Å². The quantitative estimate of drug-likeness (QED) is 0.234. The monoisotopic (exact) mass is 486 g/mol. The van der Waals surface area contributed by atoms with E-state index < -0.39 is 11.9 Å². The number of carbonyl (C=O) groups excluding carboxylic acids is 2. The Labute approximate surface area is 208 Å². The third-order valence-electron chi connectivity index (χ3n) is 5.50. The minimum atomic E-state index is -0.511. The van der Waals surface area contributed by atoms with Gasteiger partial charge in [-0.15, -0.1) is 0 Å². The largest absolute Gasteiger partial charge is 0.462 e. The predicted molar refractivity (Wildman–Crippen MR) is 135 cm³/mol. The molecule has 184 valence electrons. The van der Waals surface area contributed by atoms with Gasteiger partial charge in [0.05, 0.1) is 23.1 Å². The Balaban J connectivity index is 1.49. The number of rotatable bonds is 6. The van der Waals surface area contributed by atoms with Gasteiger partial charge < -0.3 is 18.6 Å². The molecule has 1 aromatic heterocycles. The van der Waals surface area contributed by atoms with Crippen LogP contribution < -0.4 is 14.9 Å². The first-order chi connectivity index (χ1) is 17.2. The van der Waals surface area contributed by atoms with Gasteiger partial charge in [0.15, 0.2) is 0 Å². The molecule has 0 aliphatic rings. The molecule has 0 saturated heterocycles. The highest BCUT2D eigenvalue weighted by Crippen LogP contribution is 2.26. The number of esters is 2. The topological polar surface area (TPSA) is 92.0 Å². The second-order valence-corrected chi connectivity index (χ2v) is 9.15. The van der Waals surface area contributed by atoms with E-state index in [4.69, 9.17) is 18.6 Å². The highest BCUT2D eigenvalue weighted by atomic mass is 16.5. The molecule has 0 bridgehead atoms. The minimum absolute atomic E-state index is 0.0185. The van der Waals surface area contributed by atoms with Gasteiger partial charge in [-0.2, -0.15) is 0 Å². The zero-order valence-electron chi connectivity index (χ0n) is 20.5. The molecule has 0 spiro atoms. The molecule has 7 heteroatoms. The number of fused-ring (bicyclic) bond motifs is 1. The fourth-order valence-corrected chi connectivity index (χ4v) is 3.50. The number of ether oxygens (including phenoxy) is 3. The van der Waals surface area contributed by atoms with Crippen molar-refractivity contribution >= 4 is 22.9 Å². The first kappa shape index (κ1) is 24.7. The fraction of sp³-hybridized carbons (Fsp3) is 0.207. The standard InChI is InChI=1S/C29H26O7/c1-5-33-27(31)18-8-12-21(13-9-18)35-25-17-34-24-16-22(14-15-23(24)26(25)30)36-28(32)19-6-10-20(11-7-19)29(2,3)4/h6-17H,5H2,1-4H3. The molecule has 0 atom stereocenters. The van der Waals surface area contributed by atoms with Crippen LogP contribution in [0, 0.1) is 0 Å². The maximum atomic E-state index is 12.9. The SMILES string of the molecule is CCOC(=O)c1ccc(Oc2coc3cc(OC(=O)c4ccc(C(C)(C)C)cc4)ccc3c2=O)cc1. The molecule has 0 aliphatic carbocycles. The van der Waals surface area contributed by atoms with Crippen molar-refractivity contribution in [2.75, 3.05) is 6.61 Å². The molecular formula is C29H26O7. The minimum Gasteiger partial charge on any atom is -0.462 e. The van der Waals surface area contributed by atoms with Crippen LogP contribution in [0.3, 0.4) is 0 Å². The first-order valence-electron chi connectivity index (χ1n) is 11.5. The van der Waals surface area contributed by atoms with E-state index in [9.17, 15) is 14.4 Å². The molecular weight excluding hydrogens is 460 g/mol. The van der Waals surface area contributed by atoms with E-state index >= 15 is 0 Å². The Morgan fingerprint density at radius 1 is 0.833 bits per heavy atom. The summed E-state index contributed by atoms with van der Waals surface area (Å²) in [6, 6.07) is 18.0. The average Bonchev–Trinajstić information content (AvgIpc) is 2.86. The van der Waals surface area contributed by atoms with Crippen LogP contribution in [0.5, 0.6) is 17.2 Å². The fourth-order valence-electron chi connectivity index (χ4n) is 3.50. The Bertz CT molecular complexity index is 1460. The Morgan fingerprint density at radius 3 is 2.08 bits per heavy atom. The van der Waals surface area contributed by atoms with Gasteiger partial charge in [-0.3, -0.25) is 4.79 Å². The zero-order chi connectivity index (χ0) is 25.9. The highest BCUT2D eigenvalue weighted by molar-refractivity contribution is 5.92. The summed E-state index contributed by atoms with van der Waals surface area (Å²) in [5.74, 6) is -0.359. The molecule has 0 unspecified atom stereocenters.